The summed E-state index contributed by atoms with van der Waals surface area (Å²) in [6.07, 6.45) is 3.15. The van der Waals surface area contributed by atoms with Crippen molar-refractivity contribution < 1.29 is 19.1 Å². The second-order valence-electron chi connectivity index (χ2n) is 4.26. The van der Waals surface area contributed by atoms with Gasteiger partial charge in [0.05, 0.1) is 13.7 Å². The van der Waals surface area contributed by atoms with E-state index in [-0.39, 0.29) is 12.5 Å². The third-order valence-electron chi connectivity index (χ3n) is 2.85. The monoisotopic (exact) mass is 291 g/mol. The number of carbonyl (C=O) groups is 2. The predicted molar refractivity (Wildman–Crippen MR) is 80.9 cm³/mol. The Bertz CT molecular complexity index is 494. The molecule has 0 heterocycles. The van der Waals surface area contributed by atoms with Crippen molar-refractivity contribution in [3.05, 3.63) is 35.9 Å². The maximum atomic E-state index is 12.0. The summed E-state index contributed by atoms with van der Waals surface area (Å²) < 4.78 is 9.91. The highest BCUT2D eigenvalue weighted by Crippen LogP contribution is 2.12. The molecule has 0 fully saturated rings. The Morgan fingerprint density at radius 3 is 2.38 bits per heavy atom. The van der Waals surface area contributed by atoms with Crippen LogP contribution in [-0.2, 0) is 14.3 Å². The van der Waals surface area contributed by atoms with Crippen molar-refractivity contribution >= 4 is 18.0 Å². The van der Waals surface area contributed by atoms with E-state index in [1.54, 1.807) is 20.1 Å². The maximum Gasteiger partial charge on any atom is 0.325 e. The topological polar surface area (TPSA) is 55.8 Å². The number of likely N-dealkylation sites (N-methyl/N-ethyl adjacent to an activating group) is 1. The van der Waals surface area contributed by atoms with Gasteiger partial charge in [0, 0.05) is 12.6 Å². The summed E-state index contributed by atoms with van der Waals surface area (Å²) >= 11 is 0. The third kappa shape index (κ3) is 5.69. The minimum Gasteiger partial charge on any atom is -0.497 e. The Morgan fingerprint density at radius 2 is 1.86 bits per heavy atom. The number of rotatable bonds is 7. The third-order valence-corrected chi connectivity index (χ3v) is 2.85. The van der Waals surface area contributed by atoms with E-state index in [0.29, 0.717) is 13.2 Å². The first-order chi connectivity index (χ1) is 10.1. The lowest BCUT2D eigenvalue weighted by molar-refractivity contribution is -0.147. The number of carbonyl (C=O) groups excluding carboxylic acids is 2. The molecule has 1 rings (SSSR count). The van der Waals surface area contributed by atoms with Crippen molar-refractivity contribution in [1.82, 2.24) is 4.90 Å². The average Bonchev–Trinajstić information content (AvgIpc) is 2.51. The van der Waals surface area contributed by atoms with Crippen LogP contribution in [0.3, 0.4) is 0 Å². The molecule has 0 spiro atoms. The van der Waals surface area contributed by atoms with Crippen molar-refractivity contribution in [3.63, 3.8) is 0 Å². The van der Waals surface area contributed by atoms with Gasteiger partial charge in [0.2, 0.25) is 5.91 Å². The van der Waals surface area contributed by atoms with Crippen molar-refractivity contribution in [2.75, 3.05) is 26.8 Å². The number of benzene rings is 1. The fourth-order valence-corrected chi connectivity index (χ4v) is 1.70. The second kappa shape index (κ2) is 8.79. The SMILES string of the molecule is CCOC(=O)CN(CC)C(=O)/C=C/c1ccc(OC)cc1. The standard InChI is InChI=1S/C16H21NO4/c1-4-17(12-16(19)21-5-2)15(18)11-8-13-6-9-14(20-3)10-7-13/h6-11H,4-5,12H2,1-3H3/b11-8+. The summed E-state index contributed by atoms with van der Waals surface area (Å²) in [5, 5.41) is 0. The van der Waals surface area contributed by atoms with E-state index >= 15 is 0 Å². The predicted octanol–water partition coefficient (Wildman–Crippen LogP) is 2.12. The first-order valence-corrected chi connectivity index (χ1v) is 6.87. The molecule has 0 saturated heterocycles. The number of hydrogen-bond donors (Lipinski definition) is 0. The molecule has 0 atom stereocenters. The molecule has 0 radical (unpaired) electrons. The van der Waals surface area contributed by atoms with Gasteiger partial charge in [-0.25, -0.2) is 0 Å². The Balaban J connectivity index is 2.63. The minimum absolute atomic E-state index is 0.0316. The largest absolute Gasteiger partial charge is 0.497 e. The zero-order valence-corrected chi connectivity index (χ0v) is 12.7. The van der Waals surface area contributed by atoms with Gasteiger partial charge in [-0.3, -0.25) is 9.59 Å². The smallest absolute Gasteiger partial charge is 0.325 e. The van der Waals surface area contributed by atoms with Crippen LogP contribution in [0, 0.1) is 0 Å². The van der Waals surface area contributed by atoms with Crippen LogP contribution in [0.15, 0.2) is 30.3 Å². The minimum atomic E-state index is -0.398. The number of hydrogen-bond acceptors (Lipinski definition) is 4. The molecular weight excluding hydrogens is 270 g/mol. The van der Waals surface area contributed by atoms with Crippen molar-refractivity contribution in [2.45, 2.75) is 13.8 Å². The van der Waals surface area contributed by atoms with E-state index in [1.807, 2.05) is 31.2 Å². The molecule has 0 N–H and O–H groups in total. The number of methoxy groups -OCH3 is 1. The molecule has 0 aliphatic carbocycles. The molecule has 0 unspecified atom stereocenters. The highest BCUT2D eigenvalue weighted by molar-refractivity contribution is 5.93. The van der Waals surface area contributed by atoms with Gasteiger partial charge in [0.15, 0.2) is 0 Å². The Kier molecular flexibility index (Phi) is 7.01. The van der Waals surface area contributed by atoms with E-state index < -0.39 is 5.97 Å². The first kappa shape index (κ1) is 16.8. The fraction of sp³-hybridized carbons (Fsp3) is 0.375. The van der Waals surface area contributed by atoms with Crippen LogP contribution < -0.4 is 4.74 Å². The summed E-state index contributed by atoms with van der Waals surface area (Å²) in [4.78, 5) is 24.9. The molecule has 5 nitrogen and oxygen atoms in total. The first-order valence-electron chi connectivity index (χ1n) is 6.87. The lowest BCUT2D eigenvalue weighted by atomic mass is 10.2. The summed E-state index contributed by atoms with van der Waals surface area (Å²) in [6, 6.07) is 7.34. The molecule has 1 aromatic rings. The number of ether oxygens (including phenoxy) is 2. The molecule has 0 bridgehead atoms. The summed E-state index contributed by atoms with van der Waals surface area (Å²) in [5.74, 6) is 0.142. The molecule has 1 amide bonds. The average molecular weight is 291 g/mol. The van der Waals surface area contributed by atoms with Gasteiger partial charge in [-0.1, -0.05) is 12.1 Å². The van der Waals surface area contributed by atoms with Gasteiger partial charge >= 0.3 is 5.97 Å². The van der Waals surface area contributed by atoms with Crippen LogP contribution in [0.25, 0.3) is 6.08 Å². The van der Waals surface area contributed by atoms with E-state index in [2.05, 4.69) is 0 Å². The van der Waals surface area contributed by atoms with Crippen molar-refractivity contribution in [2.24, 2.45) is 0 Å². The second-order valence-corrected chi connectivity index (χ2v) is 4.26. The highest BCUT2D eigenvalue weighted by Gasteiger charge is 2.13. The molecule has 5 heteroatoms. The summed E-state index contributed by atoms with van der Waals surface area (Å²) in [5.41, 5.74) is 0.885. The van der Waals surface area contributed by atoms with Crippen LogP contribution in [0.1, 0.15) is 19.4 Å². The lowest BCUT2D eigenvalue weighted by Gasteiger charge is -2.17. The van der Waals surface area contributed by atoms with E-state index in [1.165, 1.54) is 11.0 Å². The van der Waals surface area contributed by atoms with Crippen LogP contribution in [0.5, 0.6) is 5.75 Å². The Hall–Kier alpha value is -2.30. The van der Waals surface area contributed by atoms with Gasteiger partial charge in [-0.2, -0.15) is 0 Å². The molecule has 0 aliphatic rings. The fourth-order valence-electron chi connectivity index (χ4n) is 1.70. The van der Waals surface area contributed by atoms with Crippen molar-refractivity contribution in [3.8, 4) is 5.75 Å². The van der Waals surface area contributed by atoms with Crippen LogP contribution in [-0.4, -0.2) is 43.6 Å². The van der Waals surface area contributed by atoms with Gasteiger partial charge in [-0.05, 0) is 37.6 Å². The van der Waals surface area contributed by atoms with Gasteiger partial charge in [0.25, 0.3) is 0 Å². The number of amides is 1. The van der Waals surface area contributed by atoms with Gasteiger partial charge in [0.1, 0.15) is 12.3 Å². The molecule has 0 aromatic heterocycles. The summed E-state index contributed by atoms with van der Waals surface area (Å²) in [6.45, 7) is 4.28. The molecule has 114 valence electrons. The molecular formula is C16H21NO4. The Labute approximate surface area is 125 Å². The highest BCUT2D eigenvalue weighted by atomic mass is 16.5. The molecule has 0 saturated carbocycles. The molecule has 0 aliphatic heterocycles. The number of esters is 1. The van der Waals surface area contributed by atoms with Crippen LogP contribution in [0.4, 0.5) is 0 Å². The normalized spacial score (nSPS) is 10.4. The zero-order valence-electron chi connectivity index (χ0n) is 12.7. The Morgan fingerprint density at radius 1 is 1.19 bits per heavy atom. The quantitative estimate of drug-likeness (QED) is 0.570. The summed E-state index contributed by atoms with van der Waals surface area (Å²) in [7, 11) is 1.60. The zero-order chi connectivity index (χ0) is 15.7. The van der Waals surface area contributed by atoms with Crippen molar-refractivity contribution in [1.29, 1.82) is 0 Å². The van der Waals surface area contributed by atoms with Crippen LogP contribution >= 0.6 is 0 Å². The number of nitrogens with zero attached hydrogens (tertiary/aromatic N) is 1. The van der Waals surface area contributed by atoms with Crippen LogP contribution in [0.2, 0.25) is 0 Å². The van der Waals surface area contributed by atoms with Gasteiger partial charge in [-0.15, -0.1) is 0 Å². The van der Waals surface area contributed by atoms with E-state index in [9.17, 15) is 9.59 Å². The van der Waals surface area contributed by atoms with E-state index in [4.69, 9.17) is 9.47 Å². The molecule has 1 aromatic carbocycles. The van der Waals surface area contributed by atoms with Gasteiger partial charge < -0.3 is 14.4 Å². The molecule has 21 heavy (non-hydrogen) atoms. The maximum absolute atomic E-state index is 12.0. The lowest BCUT2D eigenvalue weighted by Crippen LogP contribution is -2.35. The van der Waals surface area contributed by atoms with E-state index in [0.717, 1.165) is 11.3 Å².